The molecule has 0 amide bonds. The summed E-state index contributed by atoms with van der Waals surface area (Å²) in [7, 11) is 4.88. The predicted octanol–water partition coefficient (Wildman–Crippen LogP) is 1.98. The molecule has 0 bridgehead atoms. The van der Waals surface area contributed by atoms with Crippen LogP contribution in [0.25, 0.3) is 0 Å². The fourth-order valence-electron chi connectivity index (χ4n) is 2.46. The summed E-state index contributed by atoms with van der Waals surface area (Å²) in [4.78, 5) is 0. The molecule has 0 aliphatic carbocycles. The topological polar surface area (TPSA) is 49.0 Å². The van der Waals surface area contributed by atoms with Gasteiger partial charge in [0, 0.05) is 24.8 Å². The third-order valence-electron chi connectivity index (χ3n) is 3.53. The molecule has 0 saturated carbocycles. The minimum atomic E-state index is 0.404. The molecule has 1 aromatic carbocycles. The number of hydrogen-bond acceptors (Lipinski definition) is 5. The Bertz CT molecular complexity index is 430. The van der Waals surface area contributed by atoms with Crippen molar-refractivity contribution >= 4 is 0 Å². The van der Waals surface area contributed by atoms with Crippen LogP contribution in [0.4, 0.5) is 0 Å². The van der Waals surface area contributed by atoms with Gasteiger partial charge < -0.3 is 24.3 Å². The van der Waals surface area contributed by atoms with E-state index >= 15 is 0 Å². The second kappa shape index (κ2) is 7.36. The van der Waals surface area contributed by atoms with Gasteiger partial charge in [-0.2, -0.15) is 0 Å². The number of rotatable bonds is 6. The van der Waals surface area contributed by atoms with Gasteiger partial charge in [0.15, 0.2) is 11.5 Å². The highest BCUT2D eigenvalue weighted by Crippen LogP contribution is 2.39. The van der Waals surface area contributed by atoms with Crippen LogP contribution in [0.15, 0.2) is 12.1 Å². The normalized spacial score (nSPS) is 18.6. The molecule has 0 radical (unpaired) electrons. The zero-order valence-electron chi connectivity index (χ0n) is 12.4. The average molecular weight is 281 g/mol. The molecule has 2 rings (SSSR count). The summed E-state index contributed by atoms with van der Waals surface area (Å²) in [5.41, 5.74) is 1.05. The molecule has 5 heteroatoms. The highest BCUT2D eigenvalue weighted by atomic mass is 16.5. The molecule has 1 unspecified atom stereocenters. The number of hydrogen-bond donors (Lipinski definition) is 1. The maximum Gasteiger partial charge on any atom is 0.203 e. The van der Waals surface area contributed by atoms with E-state index < -0.39 is 0 Å². The van der Waals surface area contributed by atoms with Crippen LogP contribution in [0.2, 0.25) is 0 Å². The van der Waals surface area contributed by atoms with Crippen molar-refractivity contribution in [1.82, 2.24) is 5.32 Å². The van der Waals surface area contributed by atoms with Gasteiger partial charge in [-0.15, -0.1) is 0 Å². The van der Waals surface area contributed by atoms with Gasteiger partial charge in [0.1, 0.15) is 0 Å². The molecule has 1 heterocycles. The zero-order valence-corrected chi connectivity index (χ0v) is 12.4. The Labute approximate surface area is 120 Å². The Hall–Kier alpha value is -1.46. The van der Waals surface area contributed by atoms with E-state index in [1.807, 2.05) is 12.1 Å². The Kier molecular flexibility index (Phi) is 5.49. The van der Waals surface area contributed by atoms with Gasteiger partial charge in [-0.3, -0.25) is 0 Å². The first-order chi connectivity index (χ1) is 9.80. The fraction of sp³-hybridized carbons (Fsp3) is 0.600. The molecule has 0 aromatic heterocycles. The van der Waals surface area contributed by atoms with Crippen LogP contribution in [-0.2, 0) is 11.3 Å². The molecule has 0 spiro atoms. The van der Waals surface area contributed by atoms with Gasteiger partial charge in [-0.1, -0.05) is 6.07 Å². The summed E-state index contributed by atoms with van der Waals surface area (Å²) in [5, 5.41) is 3.50. The van der Waals surface area contributed by atoms with Gasteiger partial charge >= 0.3 is 0 Å². The molecule has 1 aromatic rings. The smallest absolute Gasteiger partial charge is 0.203 e. The molecule has 112 valence electrons. The van der Waals surface area contributed by atoms with Crippen molar-refractivity contribution in [3.05, 3.63) is 17.7 Å². The first-order valence-corrected chi connectivity index (χ1v) is 6.89. The monoisotopic (exact) mass is 281 g/mol. The fourth-order valence-corrected chi connectivity index (χ4v) is 2.46. The van der Waals surface area contributed by atoms with Gasteiger partial charge in [0.2, 0.25) is 5.75 Å². The standard InChI is InChI=1S/C15H23NO4/c1-17-13-7-6-11(14(18-2)15(13)19-3)9-16-12-5-4-8-20-10-12/h6-7,12,16H,4-5,8-10H2,1-3H3. The number of ether oxygens (including phenoxy) is 4. The van der Waals surface area contributed by atoms with E-state index in [4.69, 9.17) is 18.9 Å². The summed E-state index contributed by atoms with van der Waals surface area (Å²) >= 11 is 0. The first-order valence-electron chi connectivity index (χ1n) is 6.89. The highest BCUT2D eigenvalue weighted by Gasteiger charge is 2.18. The van der Waals surface area contributed by atoms with Crippen molar-refractivity contribution in [2.24, 2.45) is 0 Å². The van der Waals surface area contributed by atoms with Crippen LogP contribution in [0, 0.1) is 0 Å². The number of methoxy groups -OCH3 is 3. The van der Waals surface area contributed by atoms with Gasteiger partial charge in [0.25, 0.3) is 0 Å². The van der Waals surface area contributed by atoms with Crippen LogP contribution in [0.3, 0.4) is 0 Å². The van der Waals surface area contributed by atoms with E-state index in [-0.39, 0.29) is 0 Å². The average Bonchev–Trinajstić information content (AvgIpc) is 2.52. The maximum absolute atomic E-state index is 5.47. The lowest BCUT2D eigenvalue weighted by atomic mass is 10.1. The van der Waals surface area contributed by atoms with E-state index in [0.29, 0.717) is 17.5 Å². The molecule has 1 aliphatic rings. The first kappa shape index (κ1) is 14.9. The molecule has 1 atom stereocenters. The third-order valence-corrected chi connectivity index (χ3v) is 3.53. The lowest BCUT2D eigenvalue weighted by Crippen LogP contribution is -2.36. The Balaban J connectivity index is 2.10. The lowest BCUT2D eigenvalue weighted by molar-refractivity contribution is 0.0698. The van der Waals surface area contributed by atoms with Gasteiger partial charge in [0.05, 0.1) is 27.9 Å². The lowest BCUT2D eigenvalue weighted by Gasteiger charge is -2.24. The van der Waals surface area contributed by atoms with Crippen LogP contribution >= 0.6 is 0 Å². The minimum absolute atomic E-state index is 0.404. The van der Waals surface area contributed by atoms with Crippen molar-refractivity contribution in [3.8, 4) is 17.2 Å². The zero-order chi connectivity index (χ0) is 14.4. The maximum atomic E-state index is 5.47. The Morgan fingerprint density at radius 1 is 1.15 bits per heavy atom. The Morgan fingerprint density at radius 2 is 1.95 bits per heavy atom. The van der Waals surface area contributed by atoms with Crippen molar-refractivity contribution in [1.29, 1.82) is 0 Å². The SMILES string of the molecule is COc1ccc(CNC2CCCOC2)c(OC)c1OC. The molecular weight excluding hydrogens is 258 g/mol. The number of benzene rings is 1. The predicted molar refractivity (Wildman–Crippen MR) is 76.8 cm³/mol. The van der Waals surface area contributed by atoms with Gasteiger partial charge in [-0.05, 0) is 18.9 Å². The molecule has 20 heavy (non-hydrogen) atoms. The van der Waals surface area contributed by atoms with Crippen LogP contribution in [-0.4, -0.2) is 40.6 Å². The summed E-state index contributed by atoms with van der Waals surface area (Å²) in [5.74, 6) is 2.03. The molecule has 1 fully saturated rings. The van der Waals surface area contributed by atoms with Crippen LogP contribution in [0.5, 0.6) is 17.2 Å². The van der Waals surface area contributed by atoms with Crippen LogP contribution < -0.4 is 19.5 Å². The second-order valence-corrected chi connectivity index (χ2v) is 4.79. The third kappa shape index (κ3) is 3.35. The van der Waals surface area contributed by atoms with E-state index in [2.05, 4.69) is 5.32 Å². The van der Waals surface area contributed by atoms with E-state index in [9.17, 15) is 0 Å². The second-order valence-electron chi connectivity index (χ2n) is 4.79. The molecule has 1 N–H and O–H groups in total. The van der Waals surface area contributed by atoms with Crippen LogP contribution in [0.1, 0.15) is 18.4 Å². The summed E-state index contributed by atoms with van der Waals surface area (Å²) in [6.07, 6.45) is 2.26. The molecule has 5 nitrogen and oxygen atoms in total. The Morgan fingerprint density at radius 3 is 2.55 bits per heavy atom. The molecular formula is C15H23NO4. The minimum Gasteiger partial charge on any atom is -0.493 e. The van der Waals surface area contributed by atoms with E-state index in [1.165, 1.54) is 0 Å². The quantitative estimate of drug-likeness (QED) is 0.864. The van der Waals surface area contributed by atoms with Gasteiger partial charge in [-0.25, -0.2) is 0 Å². The molecule has 1 aliphatic heterocycles. The number of nitrogens with one attached hydrogen (secondary N) is 1. The van der Waals surface area contributed by atoms with E-state index in [0.717, 1.165) is 43.9 Å². The van der Waals surface area contributed by atoms with Crippen molar-refractivity contribution in [2.75, 3.05) is 34.5 Å². The summed E-state index contributed by atoms with van der Waals surface area (Å²) in [6, 6.07) is 4.30. The molecule has 1 saturated heterocycles. The van der Waals surface area contributed by atoms with E-state index in [1.54, 1.807) is 21.3 Å². The van der Waals surface area contributed by atoms with Crippen molar-refractivity contribution in [2.45, 2.75) is 25.4 Å². The highest BCUT2D eigenvalue weighted by molar-refractivity contribution is 5.55. The summed E-state index contributed by atoms with van der Waals surface area (Å²) < 4.78 is 21.6. The van der Waals surface area contributed by atoms with Crippen molar-refractivity contribution < 1.29 is 18.9 Å². The summed E-state index contributed by atoms with van der Waals surface area (Å²) in [6.45, 7) is 2.37. The largest absolute Gasteiger partial charge is 0.493 e. The van der Waals surface area contributed by atoms with Crippen molar-refractivity contribution in [3.63, 3.8) is 0 Å².